The predicted octanol–water partition coefficient (Wildman–Crippen LogP) is 2.12. The van der Waals surface area contributed by atoms with E-state index < -0.39 is 16.4 Å². The van der Waals surface area contributed by atoms with E-state index in [2.05, 4.69) is 5.32 Å². The second-order valence-corrected chi connectivity index (χ2v) is 6.10. The third kappa shape index (κ3) is 3.15. The van der Waals surface area contributed by atoms with Crippen molar-refractivity contribution in [3.8, 4) is 0 Å². The van der Waals surface area contributed by atoms with Gasteiger partial charge in [-0.2, -0.15) is 0 Å². The monoisotopic (exact) mass is 271 g/mol. The number of benzene rings is 1. The van der Waals surface area contributed by atoms with Crippen LogP contribution in [0.5, 0.6) is 0 Å². The third-order valence-corrected chi connectivity index (χ3v) is 4.74. The molecular formula is C12H14ClNO2S. The zero-order valence-electron chi connectivity index (χ0n) is 9.32. The quantitative estimate of drug-likeness (QED) is 0.838. The Bertz CT molecular complexity index is 396. The number of nitrogens with one attached hydrogen (secondary N) is 1. The van der Waals surface area contributed by atoms with Gasteiger partial charge < -0.3 is 9.87 Å². The van der Waals surface area contributed by atoms with Crippen LogP contribution in [0.3, 0.4) is 0 Å². The highest BCUT2D eigenvalue weighted by atomic mass is 35.5. The average molecular weight is 272 g/mol. The fraction of sp³-hybridized carbons (Fsp3) is 0.417. The number of hydrogen-bond acceptors (Lipinski definition) is 2. The van der Waals surface area contributed by atoms with E-state index in [0.29, 0.717) is 22.9 Å². The Morgan fingerprint density at radius 2 is 2.00 bits per heavy atom. The normalized spacial score (nSPS) is 22.7. The van der Waals surface area contributed by atoms with E-state index in [1.807, 2.05) is 0 Å². The first-order valence-electron chi connectivity index (χ1n) is 5.62. The lowest BCUT2D eigenvalue weighted by molar-refractivity contribution is -0.120. The fourth-order valence-electron chi connectivity index (χ4n) is 1.85. The van der Waals surface area contributed by atoms with Gasteiger partial charge in [-0.1, -0.05) is 11.6 Å². The van der Waals surface area contributed by atoms with Crippen LogP contribution in [-0.4, -0.2) is 22.3 Å². The van der Waals surface area contributed by atoms with E-state index >= 15 is 0 Å². The molecule has 2 unspecified atom stereocenters. The van der Waals surface area contributed by atoms with Gasteiger partial charge in [-0.15, -0.1) is 0 Å². The van der Waals surface area contributed by atoms with E-state index in [4.69, 9.17) is 11.6 Å². The molecule has 0 aliphatic carbocycles. The third-order valence-electron chi connectivity index (χ3n) is 2.79. The summed E-state index contributed by atoms with van der Waals surface area (Å²) in [5.41, 5.74) is 0. The summed E-state index contributed by atoms with van der Waals surface area (Å²) in [6.45, 7) is 0.688. The van der Waals surface area contributed by atoms with Gasteiger partial charge in [0.25, 0.3) is 5.91 Å². The second kappa shape index (κ2) is 5.76. The van der Waals surface area contributed by atoms with Crippen molar-refractivity contribution >= 4 is 28.7 Å². The number of hydrogen-bond donors (Lipinski definition) is 1. The van der Waals surface area contributed by atoms with Crippen molar-refractivity contribution in [2.75, 3.05) is 6.54 Å². The molecule has 2 atom stereocenters. The van der Waals surface area contributed by atoms with Gasteiger partial charge >= 0.3 is 0 Å². The lowest BCUT2D eigenvalue weighted by Crippen LogP contribution is -2.38. The molecule has 1 saturated heterocycles. The minimum Gasteiger partial charge on any atom is -0.611 e. The van der Waals surface area contributed by atoms with Crippen molar-refractivity contribution in [3.05, 3.63) is 29.3 Å². The summed E-state index contributed by atoms with van der Waals surface area (Å²) in [6, 6.07) is 6.83. The predicted molar refractivity (Wildman–Crippen MR) is 68.5 cm³/mol. The molecule has 1 heterocycles. The summed E-state index contributed by atoms with van der Waals surface area (Å²) < 4.78 is 12.3. The summed E-state index contributed by atoms with van der Waals surface area (Å²) in [6.07, 6.45) is 2.57. The van der Waals surface area contributed by atoms with Gasteiger partial charge in [0, 0.05) is 18.0 Å². The lowest BCUT2D eigenvalue weighted by Gasteiger charge is -2.18. The Hall–Kier alpha value is -0.710. The Balaban J connectivity index is 2.14. The molecule has 92 valence electrons. The SMILES string of the molecule is O=C1NCCCCC1[S+]([O-])c1ccc(Cl)cc1. The molecule has 17 heavy (non-hydrogen) atoms. The summed E-state index contributed by atoms with van der Waals surface area (Å²) in [4.78, 5) is 12.4. The van der Waals surface area contributed by atoms with Gasteiger partial charge in [0.15, 0.2) is 10.1 Å². The maximum Gasteiger partial charge on any atom is 0.273 e. The highest BCUT2D eigenvalue weighted by molar-refractivity contribution is 7.92. The van der Waals surface area contributed by atoms with Crippen molar-refractivity contribution in [2.45, 2.75) is 29.4 Å². The molecule has 1 fully saturated rings. The zero-order chi connectivity index (χ0) is 12.3. The van der Waals surface area contributed by atoms with Crippen molar-refractivity contribution in [1.82, 2.24) is 5.32 Å². The number of amides is 1. The molecular weight excluding hydrogens is 258 g/mol. The van der Waals surface area contributed by atoms with Crippen LogP contribution in [0.1, 0.15) is 19.3 Å². The van der Waals surface area contributed by atoms with Crippen LogP contribution < -0.4 is 5.32 Å². The molecule has 3 nitrogen and oxygen atoms in total. The Labute approximate surface area is 109 Å². The number of carbonyl (C=O) groups excluding carboxylic acids is 1. The van der Waals surface area contributed by atoms with E-state index in [0.717, 1.165) is 12.8 Å². The molecule has 5 heteroatoms. The molecule has 1 aliphatic rings. The Kier molecular flexibility index (Phi) is 4.31. The summed E-state index contributed by atoms with van der Waals surface area (Å²) in [7, 11) is 0. The topological polar surface area (TPSA) is 52.2 Å². The molecule has 2 rings (SSSR count). The molecule has 0 aromatic heterocycles. The first-order valence-corrected chi connectivity index (χ1v) is 7.21. The average Bonchev–Trinajstić information content (AvgIpc) is 2.54. The number of carbonyl (C=O) groups is 1. The largest absolute Gasteiger partial charge is 0.611 e. The summed E-state index contributed by atoms with van der Waals surface area (Å²) in [5, 5.41) is 2.97. The van der Waals surface area contributed by atoms with Gasteiger partial charge in [-0.3, -0.25) is 4.79 Å². The van der Waals surface area contributed by atoms with Crippen molar-refractivity contribution in [3.63, 3.8) is 0 Å². The molecule has 0 spiro atoms. The fourth-order valence-corrected chi connectivity index (χ4v) is 3.37. The maximum atomic E-state index is 12.3. The molecule has 1 aromatic carbocycles. The molecule has 0 saturated carbocycles. The summed E-state index contributed by atoms with van der Waals surface area (Å²) >= 11 is 4.49. The van der Waals surface area contributed by atoms with Gasteiger partial charge in [-0.05, 0) is 48.3 Å². The molecule has 1 aromatic rings. The van der Waals surface area contributed by atoms with E-state index in [1.54, 1.807) is 24.3 Å². The standard InChI is InChI=1S/C12H14ClNO2S/c13-9-4-6-10(7-5-9)17(16)11-3-1-2-8-14-12(11)15/h4-7,11H,1-3,8H2,(H,14,15). The second-order valence-electron chi connectivity index (χ2n) is 4.03. The van der Waals surface area contributed by atoms with E-state index in [1.165, 1.54) is 0 Å². The summed E-state index contributed by atoms with van der Waals surface area (Å²) in [5.74, 6) is -0.101. The van der Waals surface area contributed by atoms with E-state index in [-0.39, 0.29) is 5.91 Å². The molecule has 1 amide bonds. The van der Waals surface area contributed by atoms with E-state index in [9.17, 15) is 9.35 Å². The smallest absolute Gasteiger partial charge is 0.273 e. The Morgan fingerprint density at radius 3 is 2.71 bits per heavy atom. The van der Waals surface area contributed by atoms with Crippen LogP contribution in [0.25, 0.3) is 0 Å². The van der Waals surface area contributed by atoms with Crippen LogP contribution in [-0.2, 0) is 16.0 Å². The first-order chi connectivity index (χ1) is 8.18. The molecule has 0 radical (unpaired) electrons. The van der Waals surface area contributed by atoms with Gasteiger partial charge in [0.05, 0.1) is 0 Å². The minimum atomic E-state index is -1.29. The zero-order valence-corrected chi connectivity index (χ0v) is 10.9. The van der Waals surface area contributed by atoms with Crippen LogP contribution >= 0.6 is 11.6 Å². The lowest BCUT2D eigenvalue weighted by atomic mass is 10.2. The van der Waals surface area contributed by atoms with Crippen LogP contribution in [0, 0.1) is 0 Å². The highest BCUT2D eigenvalue weighted by Crippen LogP contribution is 2.23. The van der Waals surface area contributed by atoms with Crippen LogP contribution in [0.4, 0.5) is 0 Å². The van der Waals surface area contributed by atoms with Gasteiger partial charge in [-0.25, -0.2) is 0 Å². The Morgan fingerprint density at radius 1 is 1.29 bits per heavy atom. The van der Waals surface area contributed by atoms with Crippen LogP contribution in [0.2, 0.25) is 5.02 Å². The highest BCUT2D eigenvalue weighted by Gasteiger charge is 2.32. The first kappa shape index (κ1) is 12.7. The van der Waals surface area contributed by atoms with Crippen molar-refractivity contribution in [1.29, 1.82) is 0 Å². The van der Waals surface area contributed by atoms with Crippen molar-refractivity contribution in [2.24, 2.45) is 0 Å². The molecule has 1 N–H and O–H groups in total. The molecule has 1 aliphatic heterocycles. The maximum absolute atomic E-state index is 12.3. The molecule has 0 bridgehead atoms. The number of rotatable bonds is 2. The van der Waals surface area contributed by atoms with Crippen molar-refractivity contribution < 1.29 is 9.35 Å². The minimum absolute atomic E-state index is 0.101. The number of halogens is 1. The van der Waals surface area contributed by atoms with Gasteiger partial charge in [0.1, 0.15) is 0 Å². The van der Waals surface area contributed by atoms with Gasteiger partial charge in [0.2, 0.25) is 0 Å². The van der Waals surface area contributed by atoms with Crippen LogP contribution in [0.15, 0.2) is 29.2 Å².